The minimum absolute atomic E-state index is 0.947. The first-order valence-electron chi connectivity index (χ1n) is 3.54. The smallest absolute Gasteiger partial charge is 0.00204 e. The quantitative estimate of drug-likeness (QED) is 0.476. The van der Waals surface area contributed by atoms with Crippen LogP contribution >= 0.6 is 0 Å². The summed E-state index contributed by atoms with van der Waals surface area (Å²) in [5.74, 6) is 2.07. The summed E-state index contributed by atoms with van der Waals surface area (Å²) in [5, 5.41) is 0. The molecule has 1 fully saturated rings. The van der Waals surface area contributed by atoms with Crippen molar-refractivity contribution in [2.75, 3.05) is 0 Å². The van der Waals surface area contributed by atoms with Gasteiger partial charge in [0.05, 0.1) is 0 Å². The summed E-state index contributed by atoms with van der Waals surface area (Å²) in [6, 6.07) is 0. The maximum absolute atomic E-state index is 2.39. The summed E-state index contributed by atoms with van der Waals surface area (Å²) in [5.41, 5.74) is 1.64. The van der Waals surface area contributed by atoms with Crippen LogP contribution in [0.4, 0.5) is 0 Å². The summed E-state index contributed by atoms with van der Waals surface area (Å²) in [7, 11) is 0. The normalized spacial score (nSPS) is 34.6. The summed E-state index contributed by atoms with van der Waals surface area (Å²) in [6.45, 7) is 2.24. The number of allylic oxidation sites excluding steroid dienone is 2. The Bertz CT molecular complexity index is 129. The highest BCUT2D eigenvalue weighted by Crippen LogP contribution is 2.42. The maximum Gasteiger partial charge on any atom is -0.00204 e. The molecule has 1 unspecified atom stereocenters. The fraction of sp³-hybridized carbons (Fsp3) is 0.750. The summed E-state index contributed by atoms with van der Waals surface area (Å²) >= 11 is 0. The zero-order valence-electron chi connectivity index (χ0n) is 5.35. The predicted octanol–water partition coefficient (Wildman–Crippen LogP) is 2.36. The highest BCUT2D eigenvalue weighted by molar-refractivity contribution is 5.26. The molecule has 0 aromatic heterocycles. The fourth-order valence-electron chi connectivity index (χ4n) is 1.24. The van der Waals surface area contributed by atoms with Crippen LogP contribution in [0.15, 0.2) is 11.6 Å². The molecule has 0 bridgehead atoms. The molecule has 2 aliphatic rings. The Morgan fingerprint density at radius 1 is 1.62 bits per heavy atom. The van der Waals surface area contributed by atoms with E-state index in [1.54, 1.807) is 5.57 Å². The minimum atomic E-state index is 0.947. The van der Waals surface area contributed by atoms with Gasteiger partial charge in [0, 0.05) is 0 Å². The van der Waals surface area contributed by atoms with Gasteiger partial charge in [-0.3, -0.25) is 0 Å². The zero-order valence-corrected chi connectivity index (χ0v) is 5.35. The van der Waals surface area contributed by atoms with Crippen LogP contribution in [0.25, 0.3) is 0 Å². The van der Waals surface area contributed by atoms with Gasteiger partial charge in [-0.2, -0.15) is 0 Å². The minimum Gasteiger partial charge on any atom is -0.0778 e. The van der Waals surface area contributed by atoms with Crippen LogP contribution in [0.1, 0.15) is 26.2 Å². The molecule has 0 N–H and O–H groups in total. The molecule has 0 saturated heterocycles. The summed E-state index contributed by atoms with van der Waals surface area (Å²) < 4.78 is 0. The molecule has 0 amide bonds. The van der Waals surface area contributed by atoms with E-state index < -0.39 is 0 Å². The van der Waals surface area contributed by atoms with Crippen molar-refractivity contribution in [3.8, 4) is 0 Å². The molecular formula is C8H12. The summed E-state index contributed by atoms with van der Waals surface area (Å²) in [4.78, 5) is 0. The highest BCUT2D eigenvalue weighted by atomic mass is 14.3. The third-order valence-corrected chi connectivity index (χ3v) is 2.22. The van der Waals surface area contributed by atoms with E-state index in [4.69, 9.17) is 0 Å². The lowest BCUT2D eigenvalue weighted by Gasteiger charge is -1.91. The van der Waals surface area contributed by atoms with Crippen molar-refractivity contribution in [2.24, 2.45) is 11.8 Å². The van der Waals surface area contributed by atoms with E-state index in [0.717, 1.165) is 11.8 Å². The Labute approximate surface area is 50.6 Å². The fourth-order valence-corrected chi connectivity index (χ4v) is 1.24. The number of rotatable bonds is 2. The van der Waals surface area contributed by atoms with Crippen molar-refractivity contribution < 1.29 is 0 Å². The molecule has 0 heterocycles. The van der Waals surface area contributed by atoms with E-state index >= 15 is 0 Å². The van der Waals surface area contributed by atoms with Crippen molar-refractivity contribution in [3.63, 3.8) is 0 Å². The standard InChI is InChI=1S/C8H12/c1-6-4-8(6)5-7-2-3-7/h4,7-8H,2-3,5H2,1H3. The van der Waals surface area contributed by atoms with Crippen molar-refractivity contribution >= 4 is 0 Å². The van der Waals surface area contributed by atoms with E-state index in [1.165, 1.54) is 19.3 Å². The van der Waals surface area contributed by atoms with Gasteiger partial charge < -0.3 is 0 Å². The topological polar surface area (TPSA) is 0 Å². The third-order valence-electron chi connectivity index (χ3n) is 2.22. The monoisotopic (exact) mass is 108 g/mol. The number of hydrogen-bond donors (Lipinski definition) is 0. The molecule has 2 aliphatic carbocycles. The molecule has 1 atom stereocenters. The average molecular weight is 108 g/mol. The van der Waals surface area contributed by atoms with Crippen molar-refractivity contribution in [1.82, 2.24) is 0 Å². The van der Waals surface area contributed by atoms with Crippen LogP contribution < -0.4 is 0 Å². The first-order valence-corrected chi connectivity index (χ1v) is 3.54. The second-order valence-electron chi connectivity index (χ2n) is 3.20. The Morgan fingerprint density at radius 2 is 2.25 bits per heavy atom. The number of hydrogen-bond acceptors (Lipinski definition) is 0. The van der Waals surface area contributed by atoms with Crippen molar-refractivity contribution in [2.45, 2.75) is 26.2 Å². The Kier molecular flexibility index (Phi) is 0.787. The van der Waals surface area contributed by atoms with Gasteiger partial charge in [-0.1, -0.05) is 24.5 Å². The summed E-state index contributed by atoms with van der Waals surface area (Å²) in [6.07, 6.45) is 6.89. The van der Waals surface area contributed by atoms with Gasteiger partial charge in [0.2, 0.25) is 0 Å². The van der Waals surface area contributed by atoms with E-state index in [2.05, 4.69) is 13.0 Å². The predicted molar refractivity (Wildman–Crippen MR) is 34.6 cm³/mol. The molecule has 44 valence electrons. The second kappa shape index (κ2) is 1.37. The first kappa shape index (κ1) is 4.60. The van der Waals surface area contributed by atoms with Crippen LogP contribution in [0.5, 0.6) is 0 Å². The van der Waals surface area contributed by atoms with Gasteiger partial charge >= 0.3 is 0 Å². The van der Waals surface area contributed by atoms with Crippen molar-refractivity contribution in [3.05, 3.63) is 11.6 Å². The molecule has 0 nitrogen and oxygen atoms in total. The molecular weight excluding hydrogens is 96.1 g/mol. The van der Waals surface area contributed by atoms with E-state index in [9.17, 15) is 0 Å². The van der Waals surface area contributed by atoms with Crippen LogP contribution in [0.3, 0.4) is 0 Å². The van der Waals surface area contributed by atoms with Gasteiger partial charge in [-0.15, -0.1) is 0 Å². The molecule has 8 heavy (non-hydrogen) atoms. The van der Waals surface area contributed by atoms with Gasteiger partial charge in [0.1, 0.15) is 0 Å². The molecule has 0 heteroatoms. The van der Waals surface area contributed by atoms with Crippen LogP contribution in [-0.2, 0) is 0 Å². The molecule has 0 aliphatic heterocycles. The van der Waals surface area contributed by atoms with Crippen LogP contribution in [-0.4, -0.2) is 0 Å². The van der Waals surface area contributed by atoms with Gasteiger partial charge in [0.25, 0.3) is 0 Å². The second-order valence-corrected chi connectivity index (χ2v) is 3.20. The SMILES string of the molecule is CC1=CC1CC1CC1. The van der Waals surface area contributed by atoms with Crippen LogP contribution in [0.2, 0.25) is 0 Å². The van der Waals surface area contributed by atoms with Gasteiger partial charge in [-0.25, -0.2) is 0 Å². The molecule has 2 rings (SSSR count). The first-order chi connectivity index (χ1) is 3.86. The Morgan fingerprint density at radius 3 is 2.62 bits per heavy atom. The Balaban J connectivity index is 1.72. The molecule has 0 aromatic rings. The van der Waals surface area contributed by atoms with Gasteiger partial charge in [-0.05, 0) is 25.2 Å². The van der Waals surface area contributed by atoms with Gasteiger partial charge in [0.15, 0.2) is 0 Å². The maximum atomic E-state index is 2.39. The van der Waals surface area contributed by atoms with E-state index in [-0.39, 0.29) is 0 Å². The molecule has 1 saturated carbocycles. The molecule has 0 radical (unpaired) electrons. The average Bonchev–Trinajstić information content (AvgIpc) is 2.52. The van der Waals surface area contributed by atoms with E-state index in [0.29, 0.717) is 0 Å². The van der Waals surface area contributed by atoms with Crippen molar-refractivity contribution in [1.29, 1.82) is 0 Å². The highest BCUT2D eigenvalue weighted by Gasteiger charge is 2.29. The lowest BCUT2D eigenvalue weighted by Crippen LogP contribution is -1.80. The van der Waals surface area contributed by atoms with E-state index in [1.807, 2.05) is 0 Å². The lowest BCUT2D eigenvalue weighted by molar-refractivity contribution is 0.675. The molecule has 0 aromatic carbocycles. The van der Waals surface area contributed by atoms with Crippen LogP contribution in [0, 0.1) is 11.8 Å². The largest absolute Gasteiger partial charge is 0.0778 e. The lowest BCUT2D eigenvalue weighted by atomic mass is 10.1. The zero-order chi connectivity index (χ0) is 5.56. The Hall–Kier alpha value is -0.260. The molecule has 0 spiro atoms. The third kappa shape index (κ3) is 0.795.